The van der Waals surface area contributed by atoms with Gasteiger partial charge in [0.2, 0.25) is 0 Å². The van der Waals surface area contributed by atoms with E-state index in [0.29, 0.717) is 13.1 Å². The number of nitrogens with zero attached hydrogens (tertiary/aromatic N) is 4. The number of halogens is 3. The molecule has 0 radical (unpaired) electrons. The average molecular weight is 356 g/mol. The van der Waals surface area contributed by atoms with Crippen molar-refractivity contribution in [1.82, 2.24) is 14.9 Å². The Labute approximate surface area is 142 Å². The maximum atomic E-state index is 12.5. The molecule has 2 saturated heterocycles. The second-order valence-corrected chi connectivity index (χ2v) is 8.03. The lowest BCUT2D eigenvalue weighted by Crippen LogP contribution is -2.59. The standard InChI is InChI=1S/C16H19F3N4S/c1-2-11-5-12-13(20-10-21-14(12)24-11)23-4-3-15(8-23)6-22(7-15)9-16(17,18)19/h5,10H,2-4,6-9H2,1H3. The maximum Gasteiger partial charge on any atom is 0.401 e. The molecule has 0 unspecified atom stereocenters. The van der Waals surface area contributed by atoms with Crippen LogP contribution >= 0.6 is 11.3 Å². The summed E-state index contributed by atoms with van der Waals surface area (Å²) in [7, 11) is 0. The summed E-state index contributed by atoms with van der Waals surface area (Å²) in [6.07, 6.45) is -0.615. The van der Waals surface area contributed by atoms with Crippen LogP contribution in [0.5, 0.6) is 0 Å². The number of hydrogen-bond donors (Lipinski definition) is 0. The van der Waals surface area contributed by atoms with Crippen LogP contribution in [0.1, 0.15) is 18.2 Å². The minimum Gasteiger partial charge on any atom is -0.355 e. The summed E-state index contributed by atoms with van der Waals surface area (Å²) in [6.45, 7) is 4.01. The third-order valence-electron chi connectivity index (χ3n) is 4.97. The third kappa shape index (κ3) is 2.86. The van der Waals surface area contributed by atoms with Gasteiger partial charge in [-0.2, -0.15) is 13.2 Å². The quantitative estimate of drug-likeness (QED) is 0.844. The summed E-state index contributed by atoms with van der Waals surface area (Å²) >= 11 is 1.69. The SMILES string of the molecule is CCc1cc2c(N3CCC4(CN(CC(F)(F)F)C4)C3)ncnc2s1. The van der Waals surface area contributed by atoms with Gasteiger partial charge in [-0.05, 0) is 18.9 Å². The molecule has 0 bridgehead atoms. The van der Waals surface area contributed by atoms with E-state index in [9.17, 15) is 13.2 Å². The highest BCUT2D eigenvalue weighted by Crippen LogP contribution is 2.43. The number of likely N-dealkylation sites (tertiary alicyclic amines) is 1. The van der Waals surface area contributed by atoms with Gasteiger partial charge in [-0.1, -0.05) is 6.92 Å². The predicted octanol–water partition coefficient (Wildman–Crippen LogP) is 3.33. The van der Waals surface area contributed by atoms with Gasteiger partial charge in [0.15, 0.2) is 0 Å². The Hall–Kier alpha value is -1.41. The minimum absolute atomic E-state index is 0.00781. The monoisotopic (exact) mass is 356 g/mol. The van der Waals surface area contributed by atoms with E-state index in [0.717, 1.165) is 42.0 Å². The van der Waals surface area contributed by atoms with Gasteiger partial charge in [0.05, 0.1) is 11.9 Å². The fraction of sp³-hybridized carbons (Fsp3) is 0.625. The highest BCUT2D eigenvalue weighted by atomic mass is 32.1. The molecule has 0 N–H and O–H groups in total. The summed E-state index contributed by atoms with van der Waals surface area (Å²) in [4.78, 5) is 14.8. The molecule has 0 aliphatic carbocycles. The second-order valence-electron chi connectivity index (χ2n) is 6.91. The summed E-state index contributed by atoms with van der Waals surface area (Å²) in [5, 5.41) is 1.07. The zero-order chi connectivity index (χ0) is 16.9. The predicted molar refractivity (Wildman–Crippen MR) is 88.6 cm³/mol. The number of hydrogen-bond acceptors (Lipinski definition) is 5. The number of rotatable bonds is 3. The van der Waals surface area contributed by atoms with Gasteiger partial charge in [0.25, 0.3) is 0 Å². The number of alkyl halides is 3. The first-order valence-electron chi connectivity index (χ1n) is 8.15. The van der Waals surface area contributed by atoms with Crippen LogP contribution in [0.2, 0.25) is 0 Å². The van der Waals surface area contributed by atoms with Gasteiger partial charge >= 0.3 is 6.18 Å². The molecule has 4 heterocycles. The molecule has 0 amide bonds. The molecule has 2 aromatic rings. The second kappa shape index (κ2) is 5.56. The van der Waals surface area contributed by atoms with E-state index >= 15 is 0 Å². The van der Waals surface area contributed by atoms with Crippen molar-refractivity contribution in [2.45, 2.75) is 25.9 Å². The van der Waals surface area contributed by atoms with Crippen molar-refractivity contribution in [3.05, 3.63) is 17.3 Å². The number of aromatic nitrogens is 2. The van der Waals surface area contributed by atoms with Crippen LogP contribution in [0.4, 0.5) is 19.0 Å². The molecule has 2 aromatic heterocycles. The summed E-state index contributed by atoms with van der Waals surface area (Å²) < 4.78 is 37.5. The van der Waals surface area contributed by atoms with Crippen molar-refractivity contribution in [2.75, 3.05) is 37.6 Å². The Balaban J connectivity index is 1.49. The van der Waals surface area contributed by atoms with E-state index in [-0.39, 0.29) is 5.41 Å². The lowest BCUT2D eigenvalue weighted by molar-refractivity contribution is -0.167. The van der Waals surface area contributed by atoms with Crippen LogP contribution in [0.3, 0.4) is 0 Å². The Morgan fingerprint density at radius 3 is 2.75 bits per heavy atom. The number of anilines is 1. The highest BCUT2D eigenvalue weighted by Gasteiger charge is 2.50. The molecular formula is C16H19F3N4S. The van der Waals surface area contributed by atoms with E-state index in [1.165, 1.54) is 9.78 Å². The number of fused-ring (bicyclic) bond motifs is 1. The molecule has 0 saturated carbocycles. The van der Waals surface area contributed by atoms with Crippen LogP contribution in [-0.2, 0) is 6.42 Å². The van der Waals surface area contributed by atoms with Gasteiger partial charge in [-0.3, -0.25) is 4.90 Å². The van der Waals surface area contributed by atoms with Gasteiger partial charge in [-0.25, -0.2) is 9.97 Å². The fourth-order valence-corrected chi connectivity index (χ4v) is 4.89. The molecule has 0 aromatic carbocycles. The Morgan fingerprint density at radius 2 is 2.04 bits per heavy atom. The highest BCUT2D eigenvalue weighted by molar-refractivity contribution is 7.18. The summed E-state index contributed by atoms with van der Waals surface area (Å²) in [6, 6.07) is 2.15. The van der Waals surface area contributed by atoms with Gasteiger partial charge in [-0.15, -0.1) is 11.3 Å². The Kier molecular flexibility index (Phi) is 3.72. The number of thiophene rings is 1. The molecule has 24 heavy (non-hydrogen) atoms. The Morgan fingerprint density at radius 1 is 1.25 bits per heavy atom. The van der Waals surface area contributed by atoms with E-state index < -0.39 is 12.7 Å². The molecule has 4 rings (SSSR count). The third-order valence-corrected chi connectivity index (χ3v) is 6.15. The van der Waals surface area contributed by atoms with Crippen molar-refractivity contribution >= 4 is 27.4 Å². The lowest BCUT2D eigenvalue weighted by atomic mass is 9.79. The topological polar surface area (TPSA) is 32.3 Å². The largest absolute Gasteiger partial charge is 0.401 e. The van der Waals surface area contributed by atoms with Gasteiger partial charge in [0, 0.05) is 36.5 Å². The molecule has 8 heteroatoms. The lowest BCUT2D eigenvalue weighted by Gasteiger charge is -2.48. The smallest absolute Gasteiger partial charge is 0.355 e. The van der Waals surface area contributed by atoms with Crippen molar-refractivity contribution < 1.29 is 13.2 Å². The van der Waals surface area contributed by atoms with Crippen molar-refractivity contribution in [3.63, 3.8) is 0 Å². The zero-order valence-corrected chi connectivity index (χ0v) is 14.3. The molecule has 130 valence electrons. The summed E-state index contributed by atoms with van der Waals surface area (Å²) in [5.74, 6) is 0.932. The number of aryl methyl sites for hydroxylation is 1. The van der Waals surface area contributed by atoms with E-state index in [2.05, 4.69) is 27.9 Å². The molecule has 2 aliphatic heterocycles. The minimum atomic E-state index is -4.11. The van der Waals surface area contributed by atoms with Crippen LogP contribution < -0.4 is 4.90 Å². The van der Waals surface area contributed by atoms with Crippen molar-refractivity contribution in [3.8, 4) is 0 Å². The van der Waals surface area contributed by atoms with Gasteiger partial charge < -0.3 is 4.90 Å². The van der Waals surface area contributed by atoms with Crippen LogP contribution in [0.25, 0.3) is 10.2 Å². The molecule has 2 aliphatic rings. The average Bonchev–Trinajstić information content (AvgIpc) is 3.08. The van der Waals surface area contributed by atoms with Gasteiger partial charge in [0.1, 0.15) is 17.0 Å². The molecule has 1 spiro atoms. The first kappa shape index (κ1) is 16.1. The Bertz CT molecular complexity index is 751. The van der Waals surface area contributed by atoms with Crippen LogP contribution in [-0.4, -0.2) is 53.8 Å². The van der Waals surface area contributed by atoms with Crippen LogP contribution in [0, 0.1) is 5.41 Å². The fourth-order valence-electron chi connectivity index (χ4n) is 3.96. The summed E-state index contributed by atoms with van der Waals surface area (Å²) in [5.41, 5.74) is -0.00781. The van der Waals surface area contributed by atoms with Crippen molar-refractivity contribution in [2.24, 2.45) is 5.41 Å². The van der Waals surface area contributed by atoms with E-state index in [1.54, 1.807) is 17.7 Å². The van der Waals surface area contributed by atoms with E-state index in [1.807, 2.05) is 0 Å². The first-order valence-corrected chi connectivity index (χ1v) is 8.97. The zero-order valence-electron chi connectivity index (χ0n) is 13.4. The normalized spacial score (nSPS) is 20.9. The maximum absolute atomic E-state index is 12.5. The molecular weight excluding hydrogens is 337 g/mol. The van der Waals surface area contributed by atoms with Crippen LogP contribution in [0.15, 0.2) is 12.4 Å². The molecule has 0 atom stereocenters. The molecule has 4 nitrogen and oxygen atoms in total. The molecule has 2 fully saturated rings. The first-order chi connectivity index (χ1) is 11.4. The van der Waals surface area contributed by atoms with E-state index in [4.69, 9.17) is 0 Å². The van der Waals surface area contributed by atoms with Crippen molar-refractivity contribution in [1.29, 1.82) is 0 Å².